The first-order valence-corrected chi connectivity index (χ1v) is 22.1. The highest BCUT2D eigenvalue weighted by atomic mass is 35.5. The van der Waals surface area contributed by atoms with E-state index in [0.29, 0.717) is 46.4 Å². The number of aliphatic carboxylic acids is 1. The van der Waals surface area contributed by atoms with E-state index in [1.807, 2.05) is 44.2 Å². The minimum absolute atomic E-state index is 0.000340. The first kappa shape index (κ1) is 49.9. The van der Waals surface area contributed by atoms with Crippen LogP contribution in [0.1, 0.15) is 73.0 Å². The lowest BCUT2D eigenvalue weighted by molar-refractivity contribution is -0.139. The Bertz CT molecular complexity index is 2760. The second kappa shape index (κ2) is 22.8. The van der Waals surface area contributed by atoms with Crippen molar-refractivity contribution in [2.75, 3.05) is 67.0 Å². The number of anilines is 6. The second-order valence-corrected chi connectivity index (χ2v) is 16.7. The molecule has 2 atom stereocenters. The van der Waals surface area contributed by atoms with Crippen molar-refractivity contribution in [1.82, 2.24) is 55.4 Å². The van der Waals surface area contributed by atoms with Gasteiger partial charge in [0, 0.05) is 49.5 Å². The van der Waals surface area contributed by atoms with Crippen LogP contribution in [-0.2, 0) is 20.9 Å². The number of aromatic nitrogens is 8. The number of nitrogens with zero attached hydrogens (tertiary/aromatic N) is 9. The summed E-state index contributed by atoms with van der Waals surface area (Å²) in [4.78, 5) is 82.9. The minimum Gasteiger partial charge on any atom is -0.480 e. The number of hydrogen-bond acceptors (Lipinski definition) is 18. The molecule has 0 aliphatic heterocycles. The van der Waals surface area contributed by atoms with Crippen molar-refractivity contribution in [2.24, 2.45) is 5.92 Å². The fraction of sp³-hybridized carbons (Fsp3) is 0.386. The molecule has 0 radical (unpaired) electrons. The lowest BCUT2D eigenvalue weighted by atomic mass is 10.1. The number of rotatable bonds is 23. The van der Waals surface area contributed by atoms with E-state index in [-0.39, 0.29) is 97.3 Å². The Labute approximate surface area is 395 Å². The highest BCUT2D eigenvalue weighted by molar-refractivity contribution is 6.34. The predicted octanol–water partition coefficient (Wildman–Crippen LogP) is 3.29. The molecule has 6 aromatic rings. The Kier molecular flexibility index (Phi) is 16.7. The van der Waals surface area contributed by atoms with Crippen molar-refractivity contribution in [3.05, 3.63) is 76.8 Å². The molecular formula is C44H55ClN16O7. The molecule has 4 heterocycles. The molecule has 0 bridgehead atoms. The van der Waals surface area contributed by atoms with Crippen molar-refractivity contribution < 1.29 is 34.1 Å². The van der Waals surface area contributed by atoms with Crippen LogP contribution in [0.2, 0.25) is 5.02 Å². The van der Waals surface area contributed by atoms with Gasteiger partial charge >= 0.3 is 5.97 Å². The topological polar surface area (TPSA) is 329 Å². The smallest absolute Gasteiger partial charge is 0.326 e. The molecule has 0 saturated heterocycles. The van der Waals surface area contributed by atoms with Gasteiger partial charge in [-0.1, -0.05) is 25.4 Å². The number of hydrogen-bond donors (Lipinski definition) is 9. The summed E-state index contributed by atoms with van der Waals surface area (Å²) in [6.45, 7) is 8.80. The number of aliphatic hydroxyl groups is 1. The van der Waals surface area contributed by atoms with Gasteiger partial charge in [-0.15, -0.1) is 0 Å². The summed E-state index contributed by atoms with van der Waals surface area (Å²) < 4.78 is 7.47. The van der Waals surface area contributed by atoms with E-state index in [1.54, 1.807) is 55.0 Å². The SMILES string of the molecule is CC(C)[C@H](CO)Nc1nc(Nc2ccc(C(=O)NCCOCCNC(=O)CC[C@H](NC(=O)c3ccc(N(C)Cc4cnc5nc(N)nc(N)c5n4)cc3)C(=O)O)c(Cl)c2)c2ncn(C(C)C)c2n1. The highest BCUT2D eigenvalue weighted by Gasteiger charge is 2.23. The van der Waals surface area contributed by atoms with E-state index in [1.165, 1.54) is 0 Å². The second-order valence-electron chi connectivity index (χ2n) is 16.3. The number of nitrogen functional groups attached to an aromatic ring is 2. The van der Waals surface area contributed by atoms with Gasteiger partial charge in [-0.05, 0) is 68.7 Å². The summed E-state index contributed by atoms with van der Waals surface area (Å²) in [7, 11) is 1.82. The quantitative estimate of drug-likeness (QED) is 0.0416. The Morgan fingerprint density at radius 1 is 0.897 bits per heavy atom. The lowest BCUT2D eigenvalue weighted by Crippen LogP contribution is -2.41. The van der Waals surface area contributed by atoms with E-state index in [0.717, 1.165) is 5.69 Å². The number of carboxylic acid groups (broad SMARTS) is 1. The number of benzene rings is 2. The molecular weight excluding hydrogens is 900 g/mol. The fourth-order valence-corrected chi connectivity index (χ4v) is 7.04. The molecule has 23 nitrogen and oxygen atoms in total. The average Bonchev–Trinajstić information content (AvgIpc) is 3.74. The number of carbonyl (C=O) groups is 4. The minimum atomic E-state index is -1.31. The van der Waals surface area contributed by atoms with E-state index in [2.05, 4.69) is 61.5 Å². The Hall–Kier alpha value is -7.50. The van der Waals surface area contributed by atoms with Crippen LogP contribution in [0, 0.1) is 5.92 Å². The number of nitrogens with two attached hydrogens (primary N) is 2. The highest BCUT2D eigenvalue weighted by Crippen LogP contribution is 2.29. The lowest BCUT2D eigenvalue weighted by Gasteiger charge is -2.20. The fourth-order valence-electron chi connectivity index (χ4n) is 6.77. The normalized spacial score (nSPS) is 12.2. The predicted molar refractivity (Wildman–Crippen MR) is 257 cm³/mol. The van der Waals surface area contributed by atoms with Gasteiger partial charge in [0.2, 0.25) is 17.8 Å². The summed E-state index contributed by atoms with van der Waals surface area (Å²) in [6.07, 6.45) is 2.93. The Morgan fingerprint density at radius 2 is 1.63 bits per heavy atom. The number of carboxylic acids is 1. The van der Waals surface area contributed by atoms with E-state index < -0.39 is 29.7 Å². The molecule has 360 valence electrons. The molecule has 3 amide bonds. The van der Waals surface area contributed by atoms with E-state index in [9.17, 15) is 29.4 Å². The third-order valence-corrected chi connectivity index (χ3v) is 10.9. The number of amides is 3. The summed E-state index contributed by atoms with van der Waals surface area (Å²) in [5.74, 6) is -1.77. The third kappa shape index (κ3) is 12.9. The maximum atomic E-state index is 13.0. The molecule has 0 spiro atoms. The summed E-state index contributed by atoms with van der Waals surface area (Å²) >= 11 is 6.56. The number of fused-ring (bicyclic) bond motifs is 2. The molecule has 6 rings (SSSR count). The van der Waals surface area contributed by atoms with Gasteiger partial charge in [0.25, 0.3) is 11.8 Å². The monoisotopic (exact) mass is 954 g/mol. The molecule has 24 heteroatoms. The van der Waals surface area contributed by atoms with Gasteiger partial charge in [0.05, 0.1) is 61.2 Å². The number of nitrogens with one attached hydrogen (secondary N) is 5. The zero-order valence-electron chi connectivity index (χ0n) is 38.2. The number of halogens is 1. The molecule has 68 heavy (non-hydrogen) atoms. The maximum absolute atomic E-state index is 13.0. The van der Waals surface area contributed by atoms with Gasteiger partial charge in [0.15, 0.2) is 34.0 Å². The van der Waals surface area contributed by atoms with Gasteiger partial charge in [-0.3, -0.25) is 14.4 Å². The Balaban J connectivity index is 0.897. The summed E-state index contributed by atoms with van der Waals surface area (Å²) in [6, 6.07) is 9.89. The van der Waals surface area contributed by atoms with Crippen LogP contribution in [0.15, 0.2) is 55.0 Å². The van der Waals surface area contributed by atoms with Gasteiger partial charge < -0.3 is 62.5 Å². The molecule has 11 N–H and O–H groups in total. The first-order chi connectivity index (χ1) is 32.5. The van der Waals surface area contributed by atoms with Crippen LogP contribution in [0.4, 0.5) is 34.9 Å². The van der Waals surface area contributed by atoms with Crippen LogP contribution in [0.5, 0.6) is 0 Å². The summed E-state index contributed by atoms with van der Waals surface area (Å²) in [5.41, 5.74) is 15.7. The number of aliphatic hydroxyl groups excluding tert-OH is 1. The van der Waals surface area contributed by atoms with Crippen molar-refractivity contribution in [3.8, 4) is 0 Å². The van der Waals surface area contributed by atoms with Gasteiger partial charge in [-0.25, -0.2) is 19.7 Å². The Morgan fingerprint density at radius 3 is 2.31 bits per heavy atom. The van der Waals surface area contributed by atoms with E-state index in [4.69, 9.17) is 27.8 Å². The largest absolute Gasteiger partial charge is 0.480 e. The molecule has 0 aliphatic rings. The zero-order valence-corrected chi connectivity index (χ0v) is 38.9. The standard InChI is InChI=1S/C44H55ClN16O7/c1-23(2)32(21-62)55-44-58-38(35-39(59-44)61(22-51-35)24(3)4)53-26-8-11-29(30(45)18-26)41(65)49-15-17-68-16-14-48-33(63)13-12-31(42(66)67)54-40(64)25-6-9-28(10-7-25)60(5)20-27-19-50-37-34(52-27)36(46)56-43(47)57-37/h6-11,18-19,22-24,31-32,62H,12-17,20-21H2,1-5H3,(H,48,63)(H,49,65)(H,54,64)(H,66,67)(H2,53,55,58,59)(H4,46,47,50,56,57)/t31-,32-/m0/s1. The number of ether oxygens (including phenoxy) is 1. The van der Waals surface area contributed by atoms with Crippen LogP contribution >= 0.6 is 11.6 Å². The molecule has 4 aromatic heterocycles. The molecule has 0 saturated carbocycles. The maximum Gasteiger partial charge on any atom is 0.326 e. The van der Waals surface area contributed by atoms with Crippen LogP contribution in [0.3, 0.4) is 0 Å². The van der Waals surface area contributed by atoms with Gasteiger partial charge in [0.1, 0.15) is 6.04 Å². The van der Waals surface area contributed by atoms with Crippen LogP contribution in [-0.4, -0.2) is 125 Å². The van der Waals surface area contributed by atoms with Crippen molar-refractivity contribution in [3.63, 3.8) is 0 Å². The third-order valence-electron chi connectivity index (χ3n) is 10.6. The van der Waals surface area contributed by atoms with Crippen molar-refractivity contribution >= 4 is 92.5 Å². The molecule has 0 aliphatic carbocycles. The number of imidazole rings is 1. The van der Waals surface area contributed by atoms with Crippen molar-refractivity contribution in [1.29, 1.82) is 0 Å². The first-order valence-electron chi connectivity index (χ1n) is 21.7. The van der Waals surface area contributed by atoms with E-state index >= 15 is 0 Å². The van der Waals surface area contributed by atoms with Crippen LogP contribution < -0.4 is 43.0 Å². The molecule has 0 unspecified atom stereocenters. The molecule has 2 aromatic carbocycles. The zero-order chi connectivity index (χ0) is 49.1. The van der Waals surface area contributed by atoms with Gasteiger partial charge in [-0.2, -0.15) is 19.9 Å². The summed E-state index contributed by atoms with van der Waals surface area (Å²) in [5, 5.41) is 34.2. The van der Waals surface area contributed by atoms with Crippen molar-refractivity contribution in [2.45, 2.75) is 65.2 Å². The number of carbonyl (C=O) groups excluding carboxylic acids is 3. The van der Waals surface area contributed by atoms with Crippen LogP contribution in [0.25, 0.3) is 22.3 Å². The average molecular weight is 955 g/mol. The molecule has 0 fully saturated rings.